The van der Waals surface area contributed by atoms with Gasteiger partial charge >= 0.3 is 0 Å². The van der Waals surface area contributed by atoms with Crippen LogP contribution in [-0.2, 0) is 19.6 Å². The summed E-state index contributed by atoms with van der Waals surface area (Å²) in [4.78, 5) is 24.8. The summed E-state index contributed by atoms with van der Waals surface area (Å²) in [5, 5.41) is 5.95. The highest BCUT2D eigenvalue weighted by Gasteiger charge is 2.35. The number of amides is 2. The van der Waals surface area contributed by atoms with Crippen LogP contribution in [-0.4, -0.2) is 49.8 Å². The van der Waals surface area contributed by atoms with Crippen molar-refractivity contribution in [3.63, 3.8) is 0 Å². The third-order valence-corrected chi connectivity index (χ3v) is 8.89. The Kier molecular flexibility index (Phi) is 6.76. The standard InChI is InChI=1S/C23H33N3O5S/c1-15-13-19-20(31-16(2)22(27)25-19)14-21(15)32(29,30)26-11-9-17(10-12-26)23(28)24-18-7-5-3-4-6-8-18/h13-14,16-18H,3-12H2,1-2H3,(H,24,28)(H,25,27)/t16-/m1/s1. The Morgan fingerprint density at radius 2 is 1.75 bits per heavy atom. The van der Waals surface area contributed by atoms with Gasteiger partial charge in [0.05, 0.1) is 10.6 Å². The number of carbonyl (C=O) groups is 2. The molecule has 1 aliphatic carbocycles. The Hall–Kier alpha value is -2.13. The van der Waals surface area contributed by atoms with Crippen molar-refractivity contribution < 1.29 is 22.7 Å². The monoisotopic (exact) mass is 463 g/mol. The van der Waals surface area contributed by atoms with Crippen molar-refractivity contribution in [2.45, 2.75) is 82.3 Å². The van der Waals surface area contributed by atoms with E-state index in [9.17, 15) is 18.0 Å². The first-order valence-electron chi connectivity index (χ1n) is 11.7. The van der Waals surface area contributed by atoms with E-state index in [-0.39, 0.29) is 28.7 Å². The molecule has 3 aliphatic rings. The number of hydrogen-bond donors (Lipinski definition) is 2. The van der Waals surface area contributed by atoms with Crippen molar-refractivity contribution >= 4 is 27.5 Å². The molecule has 0 unspecified atom stereocenters. The smallest absolute Gasteiger partial charge is 0.265 e. The van der Waals surface area contributed by atoms with Gasteiger partial charge in [-0.15, -0.1) is 0 Å². The van der Waals surface area contributed by atoms with Gasteiger partial charge in [0.2, 0.25) is 15.9 Å². The quantitative estimate of drug-likeness (QED) is 0.668. The normalized spacial score (nSPS) is 23.6. The third-order valence-electron chi connectivity index (χ3n) is 6.85. The largest absolute Gasteiger partial charge is 0.479 e. The lowest BCUT2D eigenvalue weighted by Gasteiger charge is -2.32. The molecule has 2 amide bonds. The van der Waals surface area contributed by atoms with E-state index in [0.29, 0.717) is 42.9 Å². The summed E-state index contributed by atoms with van der Waals surface area (Å²) in [6.07, 6.45) is 7.24. The number of piperidine rings is 1. The molecule has 1 saturated heterocycles. The van der Waals surface area contributed by atoms with Gasteiger partial charge in [0, 0.05) is 31.1 Å². The average Bonchev–Trinajstić information content (AvgIpc) is 3.03. The predicted molar refractivity (Wildman–Crippen MR) is 121 cm³/mol. The molecule has 2 N–H and O–H groups in total. The molecule has 2 aliphatic heterocycles. The Morgan fingerprint density at radius 1 is 1.09 bits per heavy atom. The van der Waals surface area contributed by atoms with Gasteiger partial charge in [0.15, 0.2) is 6.10 Å². The fourth-order valence-corrected chi connectivity index (χ4v) is 6.55. The number of rotatable bonds is 4. The second kappa shape index (κ2) is 9.39. The molecular formula is C23H33N3O5S. The molecule has 32 heavy (non-hydrogen) atoms. The minimum absolute atomic E-state index is 0.0667. The lowest BCUT2D eigenvalue weighted by Crippen LogP contribution is -2.45. The van der Waals surface area contributed by atoms with Crippen molar-refractivity contribution in [2.75, 3.05) is 18.4 Å². The number of benzene rings is 1. The van der Waals surface area contributed by atoms with Gasteiger partial charge in [0.25, 0.3) is 5.91 Å². The number of sulfonamides is 1. The number of carbonyl (C=O) groups excluding carboxylic acids is 2. The van der Waals surface area contributed by atoms with Crippen LogP contribution < -0.4 is 15.4 Å². The first-order chi connectivity index (χ1) is 15.3. The molecule has 0 bridgehead atoms. The van der Waals surface area contributed by atoms with Crippen LogP contribution in [0.4, 0.5) is 5.69 Å². The van der Waals surface area contributed by atoms with Crippen LogP contribution in [0.15, 0.2) is 17.0 Å². The molecule has 2 fully saturated rings. The fourth-order valence-electron chi connectivity index (χ4n) is 4.86. The van der Waals surface area contributed by atoms with Crippen molar-refractivity contribution in [2.24, 2.45) is 5.92 Å². The molecule has 1 atom stereocenters. The Labute approximate surface area is 190 Å². The van der Waals surface area contributed by atoms with Crippen LogP contribution in [0.2, 0.25) is 0 Å². The highest BCUT2D eigenvalue weighted by Crippen LogP contribution is 2.36. The molecule has 2 heterocycles. The van der Waals surface area contributed by atoms with E-state index in [2.05, 4.69) is 10.6 Å². The minimum atomic E-state index is -3.73. The van der Waals surface area contributed by atoms with Crippen molar-refractivity contribution in [3.05, 3.63) is 17.7 Å². The molecular weight excluding hydrogens is 430 g/mol. The zero-order valence-electron chi connectivity index (χ0n) is 18.9. The van der Waals surface area contributed by atoms with Crippen molar-refractivity contribution in [1.82, 2.24) is 9.62 Å². The van der Waals surface area contributed by atoms with Crippen molar-refractivity contribution in [3.8, 4) is 5.75 Å². The molecule has 8 nitrogen and oxygen atoms in total. The summed E-state index contributed by atoms with van der Waals surface area (Å²) in [6.45, 7) is 3.96. The Bertz CT molecular complexity index is 978. The summed E-state index contributed by atoms with van der Waals surface area (Å²) >= 11 is 0. The van der Waals surface area contributed by atoms with Crippen LogP contribution in [0.3, 0.4) is 0 Å². The Balaban J connectivity index is 1.41. The number of fused-ring (bicyclic) bond motifs is 1. The zero-order chi connectivity index (χ0) is 22.9. The SMILES string of the molecule is Cc1cc2c(cc1S(=O)(=O)N1CCC(C(=O)NC3CCCCCC3)CC1)O[C@H](C)C(=O)N2. The van der Waals surface area contributed by atoms with E-state index in [1.807, 2.05) is 0 Å². The summed E-state index contributed by atoms with van der Waals surface area (Å²) in [6, 6.07) is 3.40. The first-order valence-corrected chi connectivity index (χ1v) is 13.1. The van der Waals surface area contributed by atoms with Crippen LogP contribution in [0.5, 0.6) is 5.75 Å². The third kappa shape index (κ3) is 4.78. The van der Waals surface area contributed by atoms with E-state index < -0.39 is 16.1 Å². The van der Waals surface area contributed by atoms with Gasteiger partial charge in [-0.3, -0.25) is 9.59 Å². The van der Waals surface area contributed by atoms with Crippen LogP contribution in [0.25, 0.3) is 0 Å². The molecule has 1 aromatic rings. The summed E-state index contributed by atoms with van der Waals surface area (Å²) in [5.41, 5.74) is 1.04. The Morgan fingerprint density at radius 3 is 2.41 bits per heavy atom. The maximum atomic E-state index is 13.4. The number of anilines is 1. The lowest BCUT2D eigenvalue weighted by atomic mass is 9.96. The number of ether oxygens (including phenoxy) is 1. The van der Waals surface area contributed by atoms with E-state index in [1.165, 1.54) is 23.2 Å². The summed E-state index contributed by atoms with van der Waals surface area (Å²) in [7, 11) is -3.73. The van der Waals surface area contributed by atoms with Crippen LogP contribution in [0.1, 0.15) is 63.9 Å². The van der Waals surface area contributed by atoms with Gasteiger partial charge in [-0.25, -0.2) is 8.42 Å². The highest BCUT2D eigenvalue weighted by molar-refractivity contribution is 7.89. The maximum absolute atomic E-state index is 13.4. The van der Waals surface area contributed by atoms with Gasteiger partial charge < -0.3 is 15.4 Å². The molecule has 0 radical (unpaired) electrons. The second-order valence-corrected chi connectivity index (χ2v) is 11.1. The number of nitrogens with zero attached hydrogens (tertiary/aromatic N) is 1. The average molecular weight is 464 g/mol. The lowest BCUT2D eigenvalue weighted by molar-refractivity contribution is -0.127. The van der Waals surface area contributed by atoms with Gasteiger partial charge in [0.1, 0.15) is 5.75 Å². The molecule has 4 rings (SSSR count). The summed E-state index contributed by atoms with van der Waals surface area (Å²) in [5.74, 6) is 0.0291. The van der Waals surface area contributed by atoms with Crippen LogP contribution >= 0.6 is 0 Å². The van der Waals surface area contributed by atoms with E-state index >= 15 is 0 Å². The second-order valence-electron chi connectivity index (χ2n) is 9.24. The summed E-state index contributed by atoms with van der Waals surface area (Å²) < 4.78 is 33.8. The molecule has 0 spiro atoms. The van der Waals surface area contributed by atoms with Gasteiger partial charge in [-0.2, -0.15) is 4.31 Å². The van der Waals surface area contributed by atoms with E-state index in [0.717, 1.165) is 25.7 Å². The predicted octanol–water partition coefficient (Wildman–Crippen LogP) is 2.95. The fraction of sp³-hybridized carbons (Fsp3) is 0.652. The molecule has 0 aromatic heterocycles. The molecule has 1 aromatic carbocycles. The molecule has 176 valence electrons. The van der Waals surface area contributed by atoms with Gasteiger partial charge in [-0.05, 0) is 51.2 Å². The zero-order valence-corrected chi connectivity index (χ0v) is 19.7. The van der Waals surface area contributed by atoms with E-state index in [4.69, 9.17) is 4.74 Å². The number of nitrogens with one attached hydrogen (secondary N) is 2. The maximum Gasteiger partial charge on any atom is 0.265 e. The molecule has 9 heteroatoms. The first kappa shape index (κ1) is 23.0. The number of hydrogen-bond acceptors (Lipinski definition) is 5. The topological polar surface area (TPSA) is 105 Å². The molecule has 1 saturated carbocycles. The van der Waals surface area contributed by atoms with E-state index in [1.54, 1.807) is 19.9 Å². The van der Waals surface area contributed by atoms with Gasteiger partial charge in [-0.1, -0.05) is 25.7 Å². The number of aryl methyl sites for hydroxylation is 1. The highest BCUT2D eigenvalue weighted by atomic mass is 32.2. The van der Waals surface area contributed by atoms with Crippen molar-refractivity contribution in [1.29, 1.82) is 0 Å². The van der Waals surface area contributed by atoms with Crippen LogP contribution in [0, 0.1) is 12.8 Å². The minimum Gasteiger partial charge on any atom is -0.479 e.